The Bertz CT molecular complexity index is 848. The molecule has 3 aromatic rings. The van der Waals surface area contributed by atoms with E-state index in [1.54, 1.807) is 0 Å². The van der Waals surface area contributed by atoms with Crippen LogP contribution in [0.2, 0.25) is 0 Å². The average molecular weight is 378 g/mol. The lowest BCUT2D eigenvalue weighted by atomic mass is 10.1. The number of carbonyl (C=O) groups is 1. The Morgan fingerprint density at radius 3 is 1.81 bits per heavy atom. The van der Waals surface area contributed by atoms with Gasteiger partial charge in [0.25, 0.3) is 0 Å². The lowest BCUT2D eigenvalue weighted by molar-refractivity contribution is -0.119. The molecule has 0 aliphatic carbocycles. The van der Waals surface area contributed by atoms with Crippen molar-refractivity contribution >= 4 is 17.7 Å². The second-order valence-corrected chi connectivity index (χ2v) is 8.18. The van der Waals surface area contributed by atoms with E-state index in [0.29, 0.717) is 5.16 Å². The first-order valence-corrected chi connectivity index (χ1v) is 9.83. The van der Waals surface area contributed by atoms with Gasteiger partial charge in [-0.25, -0.2) is 9.97 Å². The Kier molecular flexibility index (Phi) is 5.91. The second-order valence-electron chi connectivity index (χ2n) is 7.24. The zero-order valence-corrected chi connectivity index (χ0v) is 16.6. The predicted octanol–water partition coefficient (Wildman–Crippen LogP) is 4.82. The number of hydrogen-bond acceptors (Lipinski definition) is 4. The molecule has 0 saturated carbocycles. The number of thioether (sulfide) groups is 1. The minimum atomic E-state index is -0.250. The molecular weight excluding hydrogens is 354 g/mol. The molecule has 0 unspecified atom stereocenters. The smallest absolute Gasteiger partial charge is 0.230 e. The number of nitrogens with one attached hydrogen (secondary N) is 1. The fraction of sp³-hybridized carbons (Fsp3) is 0.227. The van der Waals surface area contributed by atoms with Gasteiger partial charge in [0, 0.05) is 16.7 Å². The molecule has 1 N–H and O–H groups in total. The molecule has 1 aromatic heterocycles. The standard InChI is InChI=1S/C22H23N3OS/c1-22(2,3)25-20(26)15-27-21-23-18(16-10-6-4-7-11-16)14-19(24-21)17-12-8-5-9-13-17/h4-14H,15H2,1-3H3,(H,25,26). The molecule has 27 heavy (non-hydrogen) atoms. The number of nitrogens with zero attached hydrogens (tertiary/aromatic N) is 2. The van der Waals surface area contributed by atoms with Gasteiger partial charge in [-0.3, -0.25) is 4.79 Å². The highest BCUT2D eigenvalue weighted by Gasteiger charge is 2.15. The maximum absolute atomic E-state index is 12.2. The van der Waals surface area contributed by atoms with E-state index in [9.17, 15) is 4.79 Å². The minimum absolute atomic E-state index is 0.0255. The van der Waals surface area contributed by atoms with Crippen molar-refractivity contribution < 1.29 is 4.79 Å². The van der Waals surface area contributed by atoms with Crippen molar-refractivity contribution in [3.05, 3.63) is 66.7 Å². The van der Waals surface area contributed by atoms with Crippen LogP contribution in [-0.2, 0) is 4.79 Å². The van der Waals surface area contributed by atoms with E-state index in [1.165, 1.54) is 11.8 Å². The summed E-state index contributed by atoms with van der Waals surface area (Å²) in [7, 11) is 0. The third-order valence-corrected chi connectivity index (χ3v) is 4.54. The summed E-state index contributed by atoms with van der Waals surface area (Å²) in [4.78, 5) is 21.5. The topological polar surface area (TPSA) is 54.9 Å². The summed E-state index contributed by atoms with van der Waals surface area (Å²) in [5.41, 5.74) is 3.50. The highest BCUT2D eigenvalue weighted by molar-refractivity contribution is 7.99. The van der Waals surface area contributed by atoms with Gasteiger partial charge in [0.1, 0.15) is 0 Å². The maximum Gasteiger partial charge on any atom is 0.230 e. The number of aromatic nitrogens is 2. The Hall–Kier alpha value is -2.66. The molecule has 2 aromatic carbocycles. The van der Waals surface area contributed by atoms with Crippen molar-refractivity contribution in [2.75, 3.05) is 5.75 Å². The molecule has 1 heterocycles. The molecule has 0 aliphatic rings. The molecule has 0 saturated heterocycles. The molecular formula is C22H23N3OS. The normalized spacial score (nSPS) is 11.2. The van der Waals surface area contributed by atoms with Crippen LogP contribution in [0.4, 0.5) is 0 Å². The van der Waals surface area contributed by atoms with Crippen LogP contribution in [0.1, 0.15) is 20.8 Å². The molecule has 0 spiro atoms. The Morgan fingerprint density at radius 2 is 1.37 bits per heavy atom. The van der Waals surface area contributed by atoms with Crippen molar-refractivity contribution in [3.63, 3.8) is 0 Å². The molecule has 0 bridgehead atoms. The molecule has 0 aliphatic heterocycles. The van der Waals surface area contributed by atoms with Gasteiger partial charge in [0.05, 0.1) is 17.1 Å². The lowest BCUT2D eigenvalue weighted by Crippen LogP contribution is -2.41. The van der Waals surface area contributed by atoms with E-state index < -0.39 is 0 Å². The first kappa shape index (κ1) is 19.1. The van der Waals surface area contributed by atoms with Crippen LogP contribution in [-0.4, -0.2) is 27.2 Å². The van der Waals surface area contributed by atoms with Crippen molar-refractivity contribution in [3.8, 4) is 22.5 Å². The van der Waals surface area contributed by atoms with Gasteiger partial charge in [-0.05, 0) is 26.8 Å². The molecule has 3 rings (SSSR count). The van der Waals surface area contributed by atoms with E-state index in [-0.39, 0.29) is 17.2 Å². The van der Waals surface area contributed by atoms with Crippen LogP contribution >= 0.6 is 11.8 Å². The zero-order chi connectivity index (χ0) is 19.3. The molecule has 138 valence electrons. The summed E-state index contributed by atoms with van der Waals surface area (Å²) < 4.78 is 0. The third-order valence-electron chi connectivity index (χ3n) is 3.69. The number of rotatable bonds is 5. The number of benzene rings is 2. The largest absolute Gasteiger partial charge is 0.351 e. The molecule has 4 nitrogen and oxygen atoms in total. The molecule has 0 radical (unpaired) electrons. The highest BCUT2D eigenvalue weighted by atomic mass is 32.2. The van der Waals surface area contributed by atoms with Crippen LogP contribution in [0.5, 0.6) is 0 Å². The summed E-state index contributed by atoms with van der Waals surface area (Å²) >= 11 is 1.35. The van der Waals surface area contributed by atoms with Crippen LogP contribution in [0.15, 0.2) is 71.9 Å². The monoisotopic (exact) mass is 377 g/mol. The quantitative estimate of drug-likeness (QED) is 0.512. The van der Waals surface area contributed by atoms with E-state index in [1.807, 2.05) is 87.5 Å². The first-order valence-electron chi connectivity index (χ1n) is 8.84. The number of carbonyl (C=O) groups excluding carboxylic acids is 1. The third kappa shape index (κ3) is 5.66. The summed E-state index contributed by atoms with van der Waals surface area (Å²) in [6.07, 6.45) is 0. The average Bonchev–Trinajstić information content (AvgIpc) is 2.66. The van der Waals surface area contributed by atoms with Crippen LogP contribution < -0.4 is 5.32 Å². The summed E-state index contributed by atoms with van der Waals surface area (Å²) in [5, 5.41) is 3.56. The van der Waals surface area contributed by atoms with E-state index in [4.69, 9.17) is 0 Å². The van der Waals surface area contributed by atoms with Crippen molar-refractivity contribution in [1.29, 1.82) is 0 Å². The summed E-state index contributed by atoms with van der Waals surface area (Å²) in [6.45, 7) is 5.90. The Morgan fingerprint density at radius 1 is 0.889 bits per heavy atom. The molecule has 0 atom stereocenters. The number of hydrogen-bond donors (Lipinski definition) is 1. The molecule has 5 heteroatoms. The van der Waals surface area contributed by atoms with Gasteiger partial charge in [0.2, 0.25) is 5.91 Å². The molecule has 1 amide bonds. The van der Waals surface area contributed by atoms with Crippen molar-refractivity contribution in [2.24, 2.45) is 0 Å². The number of amides is 1. The second kappa shape index (κ2) is 8.35. The Labute approximate surface area is 164 Å². The van der Waals surface area contributed by atoms with Gasteiger partial charge in [-0.15, -0.1) is 0 Å². The van der Waals surface area contributed by atoms with Gasteiger partial charge < -0.3 is 5.32 Å². The minimum Gasteiger partial charge on any atom is -0.351 e. The van der Waals surface area contributed by atoms with Gasteiger partial charge in [0.15, 0.2) is 5.16 Å². The Balaban J connectivity index is 1.90. The first-order chi connectivity index (χ1) is 12.9. The van der Waals surface area contributed by atoms with Gasteiger partial charge >= 0.3 is 0 Å². The highest BCUT2D eigenvalue weighted by Crippen LogP contribution is 2.26. The summed E-state index contributed by atoms with van der Waals surface area (Å²) in [6, 6.07) is 22.0. The zero-order valence-electron chi connectivity index (χ0n) is 15.8. The molecule has 0 fully saturated rings. The SMILES string of the molecule is CC(C)(C)NC(=O)CSc1nc(-c2ccccc2)cc(-c2ccccc2)n1. The fourth-order valence-corrected chi connectivity index (χ4v) is 3.25. The van der Waals surface area contributed by atoms with Crippen LogP contribution in [0, 0.1) is 0 Å². The summed E-state index contributed by atoms with van der Waals surface area (Å²) in [5.74, 6) is 0.256. The van der Waals surface area contributed by atoms with Gasteiger partial charge in [-0.1, -0.05) is 72.4 Å². The maximum atomic E-state index is 12.2. The van der Waals surface area contributed by atoms with E-state index in [0.717, 1.165) is 22.5 Å². The van der Waals surface area contributed by atoms with Crippen LogP contribution in [0.25, 0.3) is 22.5 Å². The lowest BCUT2D eigenvalue weighted by Gasteiger charge is -2.20. The van der Waals surface area contributed by atoms with Crippen LogP contribution in [0.3, 0.4) is 0 Å². The van der Waals surface area contributed by atoms with E-state index >= 15 is 0 Å². The fourth-order valence-electron chi connectivity index (χ4n) is 2.59. The van der Waals surface area contributed by atoms with Crippen molar-refractivity contribution in [2.45, 2.75) is 31.5 Å². The van der Waals surface area contributed by atoms with E-state index in [2.05, 4.69) is 15.3 Å². The van der Waals surface area contributed by atoms with Gasteiger partial charge in [-0.2, -0.15) is 0 Å². The van der Waals surface area contributed by atoms with Crippen molar-refractivity contribution in [1.82, 2.24) is 15.3 Å². The predicted molar refractivity (Wildman–Crippen MR) is 112 cm³/mol.